The maximum Gasteiger partial charge on any atom is 0.110 e. The van der Waals surface area contributed by atoms with Crippen molar-refractivity contribution >= 4 is 27.5 Å². The highest BCUT2D eigenvalue weighted by atomic mass is 16.4. The molecule has 0 radical (unpaired) electrons. The molecule has 0 fully saturated rings. The maximum atomic E-state index is 10.0. The largest absolute Gasteiger partial charge is 0.394 e. The summed E-state index contributed by atoms with van der Waals surface area (Å²) in [4.78, 5) is 4.62. The first-order chi connectivity index (χ1) is 11.6. The first-order valence-corrected chi connectivity index (χ1v) is 7.78. The Morgan fingerprint density at radius 3 is 1.92 bits per heavy atom. The van der Waals surface area contributed by atoms with Gasteiger partial charge in [-0.3, -0.25) is 0 Å². The molecule has 0 saturated heterocycles. The Balaban J connectivity index is 1.95. The van der Waals surface area contributed by atoms with Crippen molar-refractivity contribution in [1.29, 1.82) is 0 Å². The van der Waals surface area contributed by atoms with Gasteiger partial charge in [0.05, 0.1) is 29.4 Å². The third-order valence-electron chi connectivity index (χ3n) is 4.05. The minimum atomic E-state index is -1.43. The molecule has 3 unspecified atom stereocenters. The zero-order valence-corrected chi connectivity index (χ0v) is 13.0. The summed E-state index contributed by atoms with van der Waals surface area (Å²) in [6.45, 7) is -0.588. The highest BCUT2D eigenvalue weighted by Crippen LogP contribution is 2.30. The van der Waals surface area contributed by atoms with Gasteiger partial charge >= 0.3 is 0 Å². The number of fused-ring (bicyclic) bond motifs is 2. The Kier molecular flexibility index (Phi) is 4.92. The number of para-hydroxylation sites is 2. The van der Waals surface area contributed by atoms with Gasteiger partial charge in [-0.15, -0.1) is 0 Å². The molecule has 0 amide bonds. The zero-order chi connectivity index (χ0) is 17.1. The number of aliphatic hydroxyl groups excluding tert-OH is 4. The number of aliphatic hydroxyl groups is 4. The van der Waals surface area contributed by atoms with Crippen molar-refractivity contribution in [1.82, 2.24) is 4.98 Å². The van der Waals surface area contributed by atoms with Gasteiger partial charge in [-0.2, -0.15) is 0 Å². The van der Waals surface area contributed by atoms with E-state index in [2.05, 4.69) is 10.3 Å². The summed E-state index contributed by atoms with van der Waals surface area (Å²) in [6.07, 6.45) is -4.03. The second-order valence-electron chi connectivity index (χ2n) is 5.71. The Bertz CT molecular complexity index is 785. The average molecular weight is 328 g/mol. The topological polar surface area (TPSA) is 106 Å². The summed E-state index contributed by atoms with van der Waals surface area (Å²) in [5.74, 6) is 0. The molecule has 0 aliphatic heterocycles. The van der Waals surface area contributed by atoms with Gasteiger partial charge in [0, 0.05) is 17.3 Å². The molecule has 2 aromatic carbocycles. The fraction of sp³-hybridized carbons (Fsp3) is 0.278. The van der Waals surface area contributed by atoms with Crippen molar-refractivity contribution in [2.75, 3.05) is 18.5 Å². The lowest BCUT2D eigenvalue weighted by Crippen LogP contribution is -2.42. The predicted octanol–water partition coefficient (Wildman–Crippen LogP) is 0.875. The molecule has 0 saturated carbocycles. The van der Waals surface area contributed by atoms with E-state index in [-0.39, 0.29) is 6.54 Å². The van der Waals surface area contributed by atoms with Crippen molar-refractivity contribution < 1.29 is 20.4 Å². The molecule has 5 N–H and O–H groups in total. The van der Waals surface area contributed by atoms with Gasteiger partial charge in [0.2, 0.25) is 0 Å². The van der Waals surface area contributed by atoms with E-state index in [0.717, 1.165) is 27.5 Å². The Morgan fingerprint density at radius 1 is 0.833 bits per heavy atom. The van der Waals surface area contributed by atoms with Crippen LogP contribution in [0.4, 0.5) is 5.69 Å². The number of hydrogen-bond acceptors (Lipinski definition) is 6. The highest BCUT2D eigenvalue weighted by molar-refractivity contribution is 6.07. The molecule has 6 nitrogen and oxygen atoms in total. The first kappa shape index (κ1) is 16.6. The number of benzene rings is 2. The average Bonchev–Trinajstić information content (AvgIpc) is 2.63. The molecule has 0 spiro atoms. The van der Waals surface area contributed by atoms with Gasteiger partial charge in [0.15, 0.2) is 0 Å². The Labute approximate surface area is 139 Å². The molecule has 0 aliphatic rings. The molecule has 126 valence electrons. The normalized spacial score (nSPS) is 15.3. The third kappa shape index (κ3) is 3.18. The van der Waals surface area contributed by atoms with Crippen molar-refractivity contribution in [3.63, 3.8) is 0 Å². The molecular formula is C18H20N2O4. The summed E-state index contributed by atoms with van der Waals surface area (Å²) < 4.78 is 0. The van der Waals surface area contributed by atoms with E-state index in [0.29, 0.717) is 0 Å². The molecular weight excluding hydrogens is 308 g/mol. The molecule has 1 aromatic heterocycles. The Morgan fingerprint density at radius 2 is 1.38 bits per heavy atom. The van der Waals surface area contributed by atoms with E-state index in [1.165, 1.54) is 0 Å². The van der Waals surface area contributed by atoms with Crippen LogP contribution in [0.25, 0.3) is 21.8 Å². The number of anilines is 1. The van der Waals surface area contributed by atoms with Gasteiger partial charge in [-0.05, 0) is 12.1 Å². The fourth-order valence-corrected chi connectivity index (χ4v) is 2.72. The SMILES string of the molecule is OCC(O)C(O)C(O)CNc1c2ccccc2nc2ccccc12. The van der Waals surface area contributed by atoms with Crippen molar-refractivity contribution in [3.05, 3.63) is 48.5 Å². The van der Waals surface area contributed by atoms with Crippen LogP contribution in [0.1, 0.15) is 0 Å². The van der Waals surface area contributed by atoms with Crippen molar-refractivity contribution in [2.45, 2.75) is 18.3 Å². The van der Waals surface area contributed by atoms with Crippen LogP contribution in [0.2, 0.25) is 0 Å². The number of nitrogens with one attached hydrogen (secondary N) is 1. The molecule has 3 atom stereocenters. The van der Waals surface area contributed by atoms with E-state index < -0.39 is 24.9 Å². The van der Waals surface area contributed by atoms with Crippen molar-refractivity contribution in [2.24, 2.45) is 0 Å². The third-order valence-corrected chi connectivity index (χ3v) is 4.05. The highest BCUT2D eigenvalue weighted by Gasteiger charge is 2.24. The van der Waals surface area contributed by atoms with Crippen LogP contribution in [-0.2, 0) is 0 Å². The molecule has 0 aliphatic carbocycles. The number of pyridine rings is 1. The number of rotatable bonds is 6. The van der Waals surface area contributed by atoms with Crippen LogP contribution in [0.3, 0.4) is 0 Å². The molecule has 1 heterocycles. The molecule has 3 rings (SSSR count). The minimum Gasteiger partial charge on any atom is -0.394 e. The van der Waals surface area contributed by atoms with Crippen LogP contribution in [0, 0.1) is 0 Å². The van der Waals surface area contributed by atoms with E-state index in [9.17, 15) is 15.3 Å². The van der Waals surface area contributed by atoms with E-state index in [1.54, 1.807) is 0 Å². The van der Waals surface area contributed by atoms with E-state index in [4.69, 9.17) is 5.11 Å². The van der Waals surface area contributed by atoms with Crippen LogP contribution in [0.15, 0.2) is 48.5 Å². The second-order valence-corrected chi connectivity index (χ2v) is 5.71. The number of aromatic nitrogens is 1. The van der Waals surface area contributed by atoms with Crippen LogP contribution in [0.5, 0.6) is 0 Å². The second kappa shape index (κ2) is 7.11. The number of nitrogens with zero attached hydrogens (tertiary/aromatic N) is 1. The maximum absolute atomic E-state index is 10.0. The number of hydrogen-bond donors (Lipinski definition) is 5. The van der Waals surface area contributed by atoms with E-state index in [1.807, 2.05) is 48.5 Å². The van der Waals surface area contributed by atoms with Gasteiger partial charge in [-0.1, -0.05) is 36.4 Å². The quantitative estimate of drug-likeness (QED) is 0.430. The minimum absolute atomic E-state index is 0.0240. The predicted molar refractivity (Wildman–Crippen MR) is 92.8 cm³/mol. The first-order valence-electron chi connectivity index (χ1n) is 7.78. The molecule has 24 heavy (non-hydrogen) atoms. The van der Waals surface area contributed by atoms with Crippen molar-refractivity contribution in [3.8, 4) is 0 Å². The summed E-state index contributed by atoms with van der Waals surface area (Å²) in [7, 11) is 0. The summed E-state index contributed by atoms with van der Waals surface area (Å²) in [6, 6.07) is 15.3. The smallest absolute Gasteiger partial charge is 0.110 e. The summed E-state index contributed by atoms with van der Waals surface area (Å²) in [5, 5.41) is 43.1. The van der Waals surface area contributed by atoms with Gasteiger partial charge in [-0.25, -0.2) is 4.98 Å². The van der Waals surface area contributed by atoms with Gasteiger partial charge in [0.25, 0.3) is 0 Å². The van der Waals surface area contributed by atoms with Crippen LogP contribution >= 0.6 is 0 Å². The fourth-order valence-electron chi connectivity index (χ4n) is 2.72. The standard InChI is InChI=1S/C18H20N2O4/c21-10-16(23)18(24)15(22)9-19-17-11-5-1-3-7-13(11)20-14-8-4-2-6-12(14)17/h1-8,15-16,18,21-24H,9-10H2,(H,19,20). The lowest BCUT2D eigenvalue weighted by atomic mass is 10.1. The summed E-state index contributed by atoms with van der Waals surface area (Å²) in [5.41, 5.74) is 2.45. The molecule has 0 bridgehead atoms. The Hall–Kier alpha value is -2.25. The monoisotopic (exact) mass is 328 g/mol. The van der Waals surface area contributed by atoms with Crippen LogP contribution in [-0.4, -0.2) is 56.9 Å². The zero-order valence-electron chi connectivity index (χ0n) is 13.0. The lowest BCUT2D eigenvalue weighted by Gasteiger charge is -2.23. The van der Waals surface area contributed by atoms with E-state index >= 15 is 0 Å². The molecule has 6 heteroatoms. The van der Waals surface area contributed by atoms with Gasteiger partial charge in [0.1, 0.15) is 12.2 Å². The summed E-state index contributed by atoms with van der Waals surface area (Å²) >= 11 is 0. The van der Waals surface area contributed by atoms with Crippen LogP contribution < -0.4 is 5.32 Å². The molecule has 3 aromatic rings. The van der Waals surface area contributed by atoms with Gasteiger partial charge < -0.3 is 25.7 Å². The lowest BCUT2D eigenvalue weighted by molar-refractivity contribution is -0.0715.